The molecule has 1 saturated carbocycles. The maximum absolute atomic E-state index is 12.5. The van der Waals surface area contributed by atoms with Crippen LogP contribution in [0, 0.1) is 6.92 Å². The van der Waals surface area contributed by atoms with Gasteiger partial charge in [-0.15, -0.1) is 10.2 Å². The molecule has 0 spiro atoms. The summed E-state index contributed by atoms with van der Waals surface area (Å²) in [6.45, 7) is 2.58. The van der Waals surface area contributed by atoms with Crippen LogP contribution in [0.5, 0.6) is 0 Å². The van der Waals surface area contributed by atoms with E-state index in [1.54, 1.807) is 6.26 Å². The molecule has 4 rings (SSSR count). The van der Waals surface area contributed by atoms with E-state index in [4.69, 9.17) is 4.42 Å². The van der Waals surface area contributed by atoms with Crippen molar-refractivity contribution in [1.82, 2.24) is 20.1 Å². The summed E-state index contributed by atoms with van der Waals surface area (Å²) in [5, 5.41) is 12.7. The van der Waals surface area contributed by atoms with Gasteiger partial charge in [-0.1, -0.05) is 61.2 Å². The third kappa shape index (κ3) is 5.33. The number of hydrogen-bond acceptors (Lipinski definition) is 5. The molecule has 7 heteroatoms. The first-order valence-electron chi connectivity index (χ1n) is 10.6. The van der Waals surface area contributed by atoms with Gasteiger partial charge in [0.15, 0.2) is 11.0 Å². The molecule has 0 bridgehead atoms. The van der Waals surface area contributed by atoms with E-state index in [1.165, 1.54) is 37.4 Å². The summed E-state index contributed by atoms with van der Waals surface area (Å²) in [5.41, 5.74) is 2.17. The Bertz CT molecular complexity index is 960. The van der Waals surface area contributed by atoms with Crippen LogP contribution in [0.25, 0.3) is 11.4 Å². The zero-order valence-corrected chi connectivity index (χ0v) is 18.2. The molecule has 1 aliphatic rings. The monoisotopic (exact) mass is 424 g/mol. The number of nitrogens with one attached hydrogen (secondary N) is 1. The molecule has 0 aliphatic heterocycles. The summed E-state index contributed by atoms with van der Waals surface area (Å²) in [7, 11) is 0. The van der Waals surface area contributed by atoms with E-state index >= 15 is 0 Å². The van der Waals surface area contributed by atoms with Gasteiger partial charge in [-0.3, -0.25) is 9.36 Å². The third-order valence-corrected chi connectivity index (χ3v) is 6.41. The number of thioether (sulfide) groups is 1. The SMILES string of the molecule is Cc1cccc(-c2nnc(SCC(=O)NC3CCCCCC3)n2Cc2ccco2)c1. The highest BCUT2D eigenvalue weighted by Crippen LogP contribution is 2.26. The summed E-state index contributed by atoms with van der Waals surface area (Å²) >= 11 is 1.43. The van der Waals surface area contributed by atoms with Crippen molar-refractivity contribution in [3.05, 3.63) is 54.0 Å². The molecular weight excluding hydrogens is 396 g/mol. The number of nitrogens with zero attached hydrogens (tertiary/aromatic N) is 3. The Morgan fingerprint density at radius 1 is 1.17 bits per heavy atom. The van der Waals surface area contributed by atoms with Gasteiger partial charge in [-0.2, -0.15) is 0 Å². The van der Waals surface area contributed by atoms with Gasteiger partial charge in [0.2, 0.25) is 5.91 Å². The van der Waals surface area contributed by atoms with Gasteiger partial charge in [-0.05, 0) is 38.0 Å². The highest BCUT2D eigenvalue weighted by Gasteiger charge is 2.19. The predicted molar refractivity (Wildman–Crippen MR) is 118 cm³/mol. The number of carbonyl (C=O) groups excluding carboxylic acids is 1. The third-order valence-electron chi connectivity index (χ3n) is 5.44. The summed E-state index contributed by atoms with van der Waals surface area (Å²) in [5.74, 6) is 2.01. The molecular formula is C23H28N4O2S. The molecule has 0 radical (unpaired) electrons. The Morgan fingerprint density at radius 2 is 2.00 bits per heavy atom. The molecule has 2 heterocycles. The minimum Gasteiger partial charge on any atom is -0.467 e. The molecule has 158 valence electrons. The van der Waals surface area contributed by atoms with E-state index < -0.39 is 0 Å². The van der Waals surface area contributed by atoms with Gasteiger partial charge in [0.25, 0.3) is 0 Å². The van der Waals surface area contributed by atoms with E-state index in [9.17, 15) is 4.79 Å². The minimum absolute atomic E-state index is 0.0663. The smallest absolute Gasteiger partial charge is 0.230 e. The number of rotatable bonds is 7. The Morgan fingerprint density at radius 3 is 2.73 bits per heavy atom. The fourth-order valence-corrected chi connectivity index (χ4v) is 4.67. The first-order valence-corrected chi connectivity index (χ1v) is 11.6. The lowest BCUT2D eigenvalue weighted by Crippen LogP contribution is -2.35. The zero-order chi connectivity index (χ0) is 20.8. The first kappa shape index (κ1) is 20.7. The fourth-order valence-electron chi connectivity index (χ4n) is 3.92. The van der Waals surface area contributed by atoms with Crippen molar-refractivity contribution in [2.75, 3.05) is 5.75 Å². The van der Waals surface area contributed by atoms with Gasteiger partial charge >= 0.3 is 0 Å². The summed E-state index contributed by atoms with van der Waals surface area (Å²) < 4.78 is 7.57. The van der Waals surface area contributed by atoms with Crippen LogP contribution in [-0.2, 0) is 11.3 Å². The van der Waals surface area contributed by atoms with E-state index in [2.05, 4.69) is 34.6 Å². The highest BCUT2D eigenvalue weighted by molar-refractivity contribution is 7.99. The number of carbonyl (C=O) groups is 1. The Hall–Kier alpha value is -2.54. The molecule has 0 atom stereocenters. The van der Waals surface area contributed by atoms with E-state index in [0.717, 1.165) is 40.7 Å². The first-order chi connectivity index (χ1) is 14.7. The quantitative estimate of drug-likeness (QED) is 0.435. The molecule has 1 fully saturated rings. The van der Waals surface area contributed by atoms with Crippen LogP contribution in [-0.4, -0.2) is 32.5 Å². The van der Waals surface area contributed by atoms with Crippen LogP contribution >= 0.6 is 11.8 Å². The van der Waals surface area contributed by atoms with Crippen LogP contribution in [0.4, 0.5) is 0 Å². The second-order valence-corrected chi connectivity index (χ2v) is 8.83. The Kier molecular flexibility index (Phi) is 6.89. The van der Waals surface area contributed by atoms with Crippen molar-refractivity contribution >= 4 is 17.7 Å². The van der Waals surface area contributed by atoms with Crippen molar-refractivity contribution in [2.24, 2.45) is 0 Å². The van der Waals surface area contributed by atoms with Crippen molar-refractivity contribution in [3.8, 4) is 11.4 Å². The van der Waals surface area contributed by atoms with Crippen LogP contribution in [0.2, 0.25) is 0 Å². The molecule has 1 aromatic carbocycles. The van der Waals surface area contributed by atoms with Crippen molar-refractivity contribution in [2.45, 2.75) is 63.2 Å². The van der Waals surface area contributed by atoms with Gasteiger partial charge in [0.05, 0.1) is 18.6 Å². The summed E-state index contributed by atoms with van der Waals surface area (Å²) in [6, 6.07) is 12.3. The zero-order valence-electron chi connectivity index (χ0n) is 17.3. The minimum atomic E-state index is 0.0663. The number of amides is 1. The topological polar surface area (TPSA) is 73.0 Å². The molecule has 6 nitrogen and oxygen atoms in total. The van der Waals surface area contributed by atoms with Crippen LogP contribution in [0.1, 0.15) is 49.8 Å². The average Bonchev–Trinajstić information content (AvgIpc) is 3.32. The average molecular weight is 425 g/mol. The van der Waals surface area contributed by atoms with Crippen LogP contribution in [0.3, 0.4) is 0 Å². The number of aromatic nitrogens is 3. The van der Waals surface area contributed by atoms with Crippen molar-refractivity contribution in [1.29, 1.82) is 0 Å². The number of benzene rings is 1. The molecule has 3 aromatic rings. The number of hydrogen-bond donors (Lipinski definition) is 1. The van der Waals surface area contributed by atoms with Gasteiger partial charge < -0.3 is 9.73 Å². The molecule has 30 heavy (non-hydrogen) atoms. The van der Waals surface area contributed by atoms with Crippen molar-refractivity contribution in [3.63, 3.8) is 0 Å². The second-order valence-electron chi connectivity index (χ2n) is 7.89. The second kappa shape index (κ2) is 9.98. The number of aryl methyl sites for hydroxylation is 1. The lowest BCUT2D eigenvalue weighted by Gasteiger charge is -2.16. The van der Waals surface area contributed by atoms with Crippen molar-refractivity contribution < 1.29 is 9.21 Å². The highest BCUT2D eigenvalue weighted by atomic mass is 32.2. The molecule has 1 aliphatic carbocycles. The molecule has 0 unspecified atom stereocenters. The predicted octanol–water partition coefficient (Wildman–Crippen LogP) is 4.83. The lowest BCUT2D eigenvalue weighted by atomic mass is 10.1. The fraction of sp³-hybridized carbons (Fsp3) is 0.435. The molecule has 1 N–H and O–H groups in total. The van der Waals surface area contributed by atoms with Crippen LogP contribution < -0.4 is 5.32 Å². The Labute approximate surface area is 181 Å². The molecule has 2 aromatic heterocycles. The Balaban J connectivity index is 1.48. The van der Waals surface area contributed by atoms with E-state index in [1.807, 2.05) is 28.8 Å². The molecule has 1 amide bonds. The van der Waals surface area contributed by atoms with E-state index in [0.29, 0.717) is 18.3 Å². The van der Waals surface area contributed by atoms with Crippen LogP contribution in [0.15, 0.2) is 52.2 Å². The number of furan rings is 1. The maximum Gasteiger partial charge on any atom is 0.230 e. The largest absolute Gasteiger partial charge is 0.467 e. The lowest BCUT2D eigenvalue weighted by molar-refractivity contribution is -0.119. The van der Waals surface area contributed by atoms with Gasteiger partial charge in [-0.25, -0.2) is 0 Å². The van der Waals surface area contributed by atoms with Gasteiger partial charge in [0.1, 0.15) is 5.76 Å². The maximum atomic E-state index is 12.5. The normalized spacial score (nSPS) is 15.1. The summed E-state index contributed by atoms with van der Waals surface area (Å²) in [4.78, 5) is 12.5. The van der Waals surface area contributed by atoms with E-state index in [-0.39, 0.29) is 5.91 Å². The van der Waals surface area contributed by atoms with Gasteiger partial charge in [0, 0.05) is 11.6 Å². The molecule has 0 saturated heterocycles. The summed E-state index contributed by atoms with van der Waals surface area (Å²) in [6.07, 6.45) is 8.80. The standard InChI is InChI=1S/C23H28N4O2S/c1-17-8-6-9-18(14-17)22-25-26-23(27(22)15-20-12-7-13-29-20)30-16-21(28)24-19-10-4-2-3-5-11-19/h6-9,12-14,19H,2-5,10-11,15-16H2,1H3,(H,24,28).